The number of hydrogen-bond donors (Lipinski definition) is 0. The molecule has 0 atom stereocenters. The summed E-state index contributed by atoms with van der Waals surface area (Å²) in [5, 5.41) is 4.34. The smallest absolute Gasteiger partial charge is 0.147 e. The van der Waals surface area contributed by atoms with Crippen LogP contribution in [-0.4, -0.2) is 30.2 Å². The molecule has 0 bridgehead atoms. The molecule has 140 valence electrons. The number of halogens is 1. The lowest BCUT2D eigenvalue weighted by Crippen LogP contribution is -2.40. The summed E-state index contributed by atoms with van der Waals surface area (Å²) in [5.41, 5.74) is 2.73. The van der Waals surface area contributed by atoms with E-state index in [4.69, 9.17) is 16.4 Å². The molecule has 0 heterocycles. The zero-order valence-corrected chi connectivity index (χ0v) is 17.1. The molecule has 1 aliphatic rings. The molecular formula is C21H33ClN2O. The molecule has 0 radical (unpaired) electrons. The average Bonchev–Trinajstić information content (AvgIpc) is 2.59. The lowest BCUT2D eigenvalue weighted by atomic mass is 9.70. The molecule has 1 aromatic rings. The van der Waals surface area contributed by atoms with Crippen LogP contribution >= 0.6 is 11.6 Å². The summed E-state index contributed by atoms with van der Waals surface area (Å²) < 4.78 is 0. The third-order valence-electron chi connectivity index (χ3n) is 4.42. The van der Waals surface area contributed by atoms with Crippen molar-refractivity contribution in [1.29, 1.82) is 0 Å². The van der Waals surface area contributed by atoms with Crippen LogP contribution in [0.3, 0.4) is 0 Å². The molecule has 0 N–H and O–H groups in total. The standard InChI is InChI=1S/C19H27ClN2O.C2H6/c1-5-10-22(4)19(21-23-15(3)13-20)18-11-17(12-18)16-8-6-14(2)7-9-16;1-2/h6-9,17-18H,3,5,10-13H2,1-2,4H3;1-2H3/b21-19-;. The Morgan fingerprint density at radius 1 is 1.28 bits per heavy atom. The molecule has 0 saturated heterocycles. The van der Waals surface area contributed by atoms with Crippen molar-refractivity contribution >= 4 is 17.4 Å². The molecule has 4 heteroatoms. The molecule has 0 aliphatic heterocycles. The van der Waals surface area contributed by atoms with Crippen molar-refractivity contribution in [2.24, 2.45) is 11.1 Å². The number of hydrogen-bond acceptors (Lipinski definition) is 2. The minimum atomic E-state index is 0.269. The maximum atomic E-state index is 5.71. The second-order valence-corrected chi connectivity index (χ2v) is 6.68. The summed E-state index contributed by atoms with van der Waals surface area (Å²) >= 11 is 5.71. The van der Waals surface area contributed by atoms with Gasteiger partial charge in [-0.25, -0.2) is 0 Å². The van der Waals surface area contributed by atoms with E-state index >= 15 is 0 Å². The first-order valence-electron chi connectivity index (χ1n) is 9.31. The first kappa shape index (κ1) is 21.6. The molecule has 1 aromatic carbocycles. The van der Waals surface area contributed by atoms with Crippen molar-refractivity contribution in [3.8, 4) is 0 Å². The molecule has 1 fully saturated rings. The maximum absolute atomic E-state index is 5.71. The van der Waals surface area contributed by atoms with Gasteiger partial charge in [-0.15, -0.1) is 11.6 Å². The molecular weight excluding hydrogens is 332 g/mol. The highest BCUT2D eigenvalue weighted by Gasteiger charge is 2.35. The summed E-state index contributed by atoms with van der Waals surface area (Å²) in [6, 6.07) is 8.87. The monoisotopic (exact) mass is 364 g/mol. The zero-order chi connectivity index (χ0) is 18.8. The van der Waals surface area contributed by atoms with Crippen molar-refractivity contribution in [3.05, 3.63) is 47.7 Å². The topological polar surface area (TPSA) is 24.8 Å². The molecule has 2 rings (SSSR count). The van der Waals surface area contributed by atoms with E-state index in [1.54, 1.807) is 0 Å². The lowest BCUT2D eigenvalue weighted by molar-refractivity contribution is 0.211. The van der Waals surface area contributed by atoms with Crippen LogP contribution in [0.15, 0.2) is 41.8 Å². The number of aryl methyl sites for hydroxylation is 1. The second-order valence-electron chi connectivity index (χ2n) is 6.41. The summed E-state index contributed by atoms with van der Waals surface area (Å²) in [6.45, 7) is 13.0. The average molecular weight is 365 g/mol. The zero-order valence-electron chi connectivity index (χ0n) is 16.4. The molecule has 0 amide bonds. The van der Waals surface area contributed by atoms with Crippen molar-refractivity contribution in [2.45, 2.75) is 52.9 Å². The summed E-state index contributed by atoms with van der Waals surface area (Å²) in [7, 11) is 2.08. The number of amidine groups is 1. The van der Waals surface area contributed by atoms with Crippen molar-refractivity contribution in [2.75, 3.05) is 19.5 Å². The molecule has 1 saturated carbocycles. The Bertz CT molecular complexity index is 548. The Labute approximate surface area is 158 Å². The molecule has 0 unspecified atom stereocenters. The highest BCUT2D eigenvalue weighted by molar-refractivity contribution is 6.19. The maximum Gasteiger partial charge on any atom is 0.147 e. The van der Waals surface area contributed by atoms with Crippen molar-refractivity contribution in [1.82, 2.24) is 4.90 Å². The second kappa shape index (κ2) is 11.2. The van der Waals surface area contributed by atoms with Gasteiger partial charge >= 0.3 is 0 Å². The van der Waals surface area contributed by atoms with Crippen LogP contribution in [0.4, 0.5) is 0 Å². The van der Waals surface area contributed by atoms with E-state index in [9.17, 15) is 0 Å². The summed E-state index contributed by atoms with van der Waals surface area (Å²) in [4.78, 5) is 7.55. The first-order chi connectivity index (χ1) is 12.0. The largest absolute Gasteiger partial charge is 0.360 e. The fourth-order valence-corrected chi connectivity index (χ4v) is 3.03. The molecule has 25 heavy (non-hydrogen) atoms. The van der Waals surface area contributed by atoms with E-state index in [0.29, 0.717) is 17.6 Å². The quantitative estimate of drug-likeness (QED) is 0.196. The third-order valence-corrected chi connectivity index (χ3v) is 4.72. The van der Waals surface area contributed by atoms with E-state index in [0.717, 1.165) is 31.6 Å². The lowest BCUT2D eigenvalue weighted by Gasteiger charge is -2.39. The van der Waals surface area contributed by atoms with Gasteiger partial charge in [0.15, 0.2) is 0 Å². The van der Waals surface area contributed by atoms with Crippen LogP contribution in [0.2, 0.25) is 0 Å². The van der Waals surface area contributed by atoms with E-state index in [-0.39, 0.29) is 5.88 Å². The van der Waals surface area contributed by atoms with Gasteiger partial charge in [0.05, 0.1) is 5.88 Å². The number of benzene rings is 1. The first-order valence-corrected chi connectivity index (χ1v) is 9.85. The van der Waals surface area contributed by atoms with Crippen LogP contribution < -0.4 is 0 Å². The third kappa shape index (κ3) is 6.39. The minimum absolute atomic E-state index is 0.269. The number of allylic oxidation sites excluding steroid dienone is 1. The van der Waals surface area contributed by atoms with Gasteiger partial charge < -0.3 is 9.74 Å². The highest BCUT2D eigenvalue weighted by Crippen LogP contribution is 2.42. The van der Waals surface area contributed by atoms with E-state index in [1.807, 2.05) is 13.8 Å². The molecule has 0 aromatic heterocycles. The SMILES string of the molecule is C=C(CCl)O/N=C(/C1CC(c2ccc(C)cc2)C1)N(C)CCC.CC. The van der Waals surface area contributed by atoms with Crippen LogP contribution in [0.25, 0.3) is 0 Å². The van der Waals surface area contributed by atoms with Crippen LogP contribution in [-0.2, 0) is 4.84 Å². The van der Waals surface area contributed by atoms with Crippen LogP contribution in [0, 0.1) is 12.8 Å². The van der Waals surface area contributed by atoms with E-state index < -0.39 is 0 Å². The van der Waals surface area contributed by atoms with Gasteiger partial charge in [0.1, 0.15) is 11.6 Å². The fourth-order valence-electron chi connectivity index (χ4n) is 2.98. The van der Waals surface area contributed by atoms with Gasteiger partial charge in [0.25, 0.3) is 0 Å². The molecule has 0 spiro atoms. The molecule has 3 nitrogen and oxygen atoms in total. The van der Waals surface area contributed by atoms with Gasteiger partial charge in [0, 0.05) is 19.5 Å². The summed E-state index contributed by atoms with van der Waals surface area (Å²) in [6.07, 6.45) is 3.32. The van der Waals surface area contributed by atoms with Crippen LogP contribution in [0.1, 0.15) is 57.1 Å². The van der Waals surface area contributed by atoms with Crippen molar-refractivity contribution in [3.63, 3.8) is 0 Å². The highest BCUT2D eigenvalue weighted by atomic mass is 35.5. The van der Waals surface area contributed by atoms with Gasteiger partial charge in [-0.1, -0.05) is 62.3 Å². The number of alkyl halides is 1. The van der Waals surface area contributed by atoms with Crippen LogP contribution in [0.5, 0.6) is 0 Å². The van der Waals surface area contributed by atoms with Crippen molar-refractivity contribution < 1.29 is 4.84 Å². The number of nitrogens with zero attached hydrogens (tertiary/aromatic N) is 2. The van der Waals surface area contributed by atoms with Gasteiger partial charge in [-0.05, 0) is 37.7 Å². The molecule has 1 aliphatic carbocycles. The van der Waals surface area contributed by atoms with E-state index in [2.05, 4.69) is 61.8 Å². The Hall–Kier alpha value is -1.48. The Morgan fingerprint density at radius 3 is 2.40 bits per heavy atom. The Morgan fingerprint density at radius 2 is 1.88 bits per heavy atom. The predicted octanol–water partition coefficient (Wildman–Crippen LogP) is 5.94. The number of oxime groups is 1. The Kier molecular flexibility index (Phi) is 9.66. The Balaban J connectivity index is 0.00000151. The fraction of sp³-hybridized carbons (Fsp3) is 0.571. The number of rotatable bonds is 7. The summed E-state index contributed by atoms with van der Waals surface area (Å²) in [5.74, 6) is 2.84. The minimum Gasteiger partial charge on any atom is -0.360 e. The predicted molar refractivity (Wildman–Crippen MR) is 109 cm³/mol. The van der Waals surface area contributed by atoms with E-state index in [1.165, 1.54) is 11.1 Å². The van der Waals surface area contributed by atoms with Gasteiger partial charge in [-0.2, -0.15) is 0 Å². The normalized spacial score (nSPS) is 19.4. The van der Waals surface area contributed by atoms with Gasteiger partial charge in [-0.3, -0.25) is 0 Å². The van der Waals surface area contributed by atoms with Gasteiger partial charge in [0.2, 0.25) is 0 Å².